The molecule has 0 radical (unpaired) electrons. The molecule has 160 valence electrons. The maximum atomic E-state index is 2.58. The molecule has 4 aromatic carbocycles. The Balaban J connectivity index is 1.49. The molecule has 0 atom stereocenters. The third kappa shape index (κ3) is 2.26. The average molecular weight is 562 g/mol. The molecule has 3 aliphatic carbocycles. The van der Waals surface area contributed by atoms with E-state index in [0.717, 1.165) is 0 Å². The second-order valence-electron chi connectivity index (χ2n) is 9.23. The van der Waals surface area contributed by atoms with Gasteiger partial charge in [-0.15, -0.1) is 0 Å². The number of hydrogen-bond donors (Lipinski definition) is 0. The van der Waals surface area contributed by atoms with Gasteiger partial charge in [0.25, 0.3) is 0 Å². The van der Waals surface area contributed by atoms with E-state index in [1.54, 1.807) is 33.4 Å². The van der Waals surface area contributed by atoms with E-state index >= 15 is 0 Å². The van der Waals surface area contributed by atoms with Gasteiger partial charge in [-0.05, 0) is 0 Å². The van der Waals surface area contributed by atoms with Crippen molar-refractivity contribution in [3.05, 3.63) is 166 Å². The SMILES string of the molecule is C1=C(c2ccccc2)[Se]C23C1=C1C=C(c4ccccc4)[Se]C1(c1ccccc12)c1ccccc13. The van der Waals surface area contributed by atoms with Crippen molar-refractivity contribution in [1.29, 1.82) is 0 Å². The van der Waals surface area contributed by atoms with Crippen LogP contribution in [-0.2, 0) is 8.63 Å². The first-order valence-electron chi connectivity index (χ1n) is 11.7. The molecule has 9 rings (SSSR count). The summed E-state index contributed by atoms with van der Waals surface area (Å²) in [7, 11) is 0. The molecule has 5 aliphatic rings. The van der Waals surface area contributed by atoms with E-state index in [9.17, 15) is 0 Å². The Morgan fingerprint density at radius 1 is 0.382 bits per heavy atom. The van der Waals surface area contributed by atoms with Gasteiger partial charge in [0.2, 0.25) is 0 Å². The van der Waals surface area contributed by atoms with E-state index in [1.165, 1.54) is 20.1 Å². The van der Waals surface area contributed by atoms with Crippen LogP contribution >= 0.6 is 0 Å². The van der Waals surface area contributed by atoms with Gasteiger partial charge >= 0.3 is 213 Å². The summed E-state index contributed by atoms with van der Waals surface area (Å²) in [6, 6.07) is 40.9. The van der Waals surface area contributed by atoms with Crippen molar-refractivity contribution in [3.8, 4) is 0 Å². The molecule has 0 nitrogen and oxygen atoms in total. The summed E-state index contributed by atoms with van der Waals surface area (Å²) in [4.78, 5) is 0. The molecular weight excluding hydrogens is 542 g/mol. The van der Waals surface area contributed by atoms with Crippen molar-refractivity contribution >= 4 is 38.9 Å². The maximum absolute atomic E-state index is 2.58. The second kappa shape index (κ2) is 6.85. The predicted octanol–water partition coefficient (Wildman–Crippen LogP) is 6.32. The molecule has 2 heterocycles. The molecule has 0 aromatic heterocycles. The third-order valence-corrected chi connectivity index (χ3v) is 14.1. The quantitative estimate of drug-likeness (QED) is 0.251. The van der Waals surface area contributed by atoms with Gasteiger partial charge in [0.15, 0.2) is 0 Å². The van der Waals surface area contributed by atoms with E-state index in [0.29, 0.717) is 0 Å². The van der Waals surface area contributed by atoms with Crippen LogP contribution in [0.25, 0.3) is 8.94 Å². The van der Waals surface area contributed by atoms with Crippen LogP contribution in [0.1, 0.15) is 33.4 Å². The van der Waals surface area contributed by atoms with Gasteiger partial charge in [-0.3, -0.25) is 0 Å². The summed E-state index contributed by atoms with van der Waals surface area (Å²) < 4.78 is 2.99. The first-order valence-corrected chi connectivity index (χ1v) is 15.1. The van der Waals surface area contributed by atoms with Crippen LogP contribution in [0.15, 0.2) is 132 Å². The molecule has 4 aromatic rings. The van der Waals surface area contributed by atoms with Crippen molar-refractivity contribution < 1.29 is 0 Å². The van der Waals surface area contributed by atoms with Crippen LogP contribution < -0.4 is 0 Å². The standard InChI is InChI=1S/C32H20Se2/c1-3-11-21(12-4-1)29-19-27-28-20-30(22-13-5-2-6-14-22)34-32(28)25-17-9-7-15-23(25)31(27,33-29)24-16-8-10-18-26(24)32/h1-20H. The van der Waals surface area contributed by atoms with Gasteiger partial charge < -0.3 is 0 Å². The molecule has 2 heteroatoms. The number of allylic oxidation sites excluding steroid dienone is 4. The normalized spacial score (nSPS) is 25.3. The molecule has 0 N–H and O–H groups in total. The summed E-state index contributed by atoms with van der Waals surface area (Å²) in [5.41, 5.74) is 12.1. The van der Waals surface area contributed by atoms with Gasteiger partial charge in [-0.25, -0.2) is 0 Å². The Hall–Kier alpha value is -2.86. The Labute approximate surface area is 212 Å². The Kier molecular flexibility index (Phi) is 3.92. The van der Waals surface area contributed by atoms with E-state index in [4.69, 9.17) is 0 Å². The van der Waals surface area contributed by atoms with Crippen molar-refractivity contribution in [2.75, 3.05) is 0 Å². The molecular formula is C32H20Se2. The van der Waals surface area contributed by atoms with Crippen LogP contribution in [0.4, 0.5) is 0 Å². The second-order valence-corrected chi connectivity index (χ2v) is 14.5. The first-order chi connectivity index (χ1) is 16.8. The topological polar surface area (TPSA) is 0 Å². The molecule has 2 spiro atoms. The summed E-state index contributed by atoms with van der Waals surface area (Å²) in [6.45, 7) is 0. The predicted molar refractivity (Wildman–Crippen MR) is 142 cm³/mol. The summed E-state index contributed by atoms with van der Waals surface area (Å²) in [6.07, 6.45) is 5.15. The Morgan fingerprint density at radius 2 is 0.706 bits per heavy atom. The number of hydrogen-bond acceptors (Lipinski definition) is 0. The fraction of sp³-hybridized carbons (Fsp3) is 0.0625. The fourth-order valence-corrected chi connectivity index (χ4v) is 13.1. The molecule has 0 amide bonds. The minimum atomic E-state index is -0.0266. The molecule has 0 saturated heterocycles. The van der Waals surface area contributed by atoms with Crippen molar-refractivity contribution in [1.82, 2.24) is 0 Å². The number of benzene rings is 4. The van der Waals surface area contributed by atoms with Gasteiger partial charge in [0, 0.05) is 0 Å². The molecule has 2 aliphatic heterocycles. The zero-order valence-electron chi connectivity index (χ0n) is 18.4. The first kappa shape index (κ1) is 19.4. The number of rotatable bonds is 2. The Bertz CT molecular complexity index is 1420. The van der Waals surface area contributed by atoms with Crippen molar-refractivity contribution in [2.24, 2.45) is 0 Å². The van der Waals surface area contributed by atoms with Crippen molar-refractivity contribution in [3.63, 3.8) is 0 Å². The van der Waals surface area contributed by atoms with Crippen LogP contribution in [0.3, 0.4) is 0 Å². The van der Waals surface area contributed by atoms with Crippen LogP contribution in [0.5, 0.6) is 0 Å². The monoisotopic (exact) mass is 564 g/mol. The van der Waals surface area contributed by atoms with Gasteiger partial charge in [0.05, 0.1) is 0 Å². The van der Waals surface area contributed by atoms with Gasteiger partial charge in [-0.1, -0.05) is 0 Å². The zero-order chi connectivity index (χ0) is 22.3. The fourth-order valence-electron chi connectivity index (χ4n) is 6.27. The minimum absolute atomic E-state index is 0.0266. The third-order valence-electron chi connectivity index (χ3n) is 7.61. The van der Waals surface area contributed by atoms with Crippen LogP contribution in [0, 0.1) is 0 Å². The van der Waals surface area contributed by atoms with E-state index in [2.05, 4.69) is 121 Å². The van der Waals surface area contributed by atoms with E-state index < -0.39 is 0 Å². The summed E-state index contributed by atoms with van der Waals surface area (Å²) in [5.74, 6) is 0. The summed E-state index contributed by atoms with van der Waals surface area (Å²) >= 11 is 0.539. The summed E-state index contributed by atoms with van der Waals surface area (Å²) in [5, 5.41) is 0. The van der Waals surface area contributed by atoms with E-state index in [-0.39, 0.29) is 38.5 Å². The molecule has 2 bridgehead atoms. The van der Waals surface area contributed by atoms with Gasteiger partial charge in [0.1, 0.15) is 0 Å². The molecule has 0 saturated carbocycles. The van der Waals surface area contributed by atoms with Crippen LogP contribution in [0.2, 0.25) is 0 Å². The molecule has 0 fully saturated rings. The van der Waals surface area contributed by atoms with Crippen molar-refractivity contribution in [2.45, 2.75) is 8.63 Å². The molecule has 0 unspecified atom stereocenters. The molecule has 34 heavy (non-hydrogen) atoms. The van der Waals surface area contributed by atoms with Gasteiger partial charge in [-0.2, -0.15) is 0 Å². The Morgan fingerprint density at radius 3 is 1.06 bits per heavy atom. The average Bonchev–Trinajstić information content (AvgIpc) is 3.52. The zero-order valence-corrected chi connectivity index (χ0v) is 21.8. The van der Waals surface area contributed by atoms with Crippen LogP contribution in [-0.4, -0.2) is 29.9 Å². The van der Waals surface area contributed by atoms with E-state index in [1.807, 2.05) is 0 Å².